The van der Waals surface area contributed by atoms with Gasteiger partial charge in [-0.3, -0.25) is 0 Å². The summed E-state index contributed by atoms with van der Waals surface area (Å²) in [6.45, 7) is 0. The van der Waals surface area contributed by atoms with Gasteiger partial charge in [0, 0.05) is 5.56 Å². The maximum atomic E-state index is 9.22. The molecule has 0 aliphatic rings. The lowest BCUT2D eigenvalue weighted by atomic mass is 10.2. The van der Waals surface area contributed by atoms with Crippen LogP contribution in [0.2, 0.25) is 0 Å². The molecule has 56 valence electrons. The minimum Gasteiger partial charge on any atom is -0.367 e. The average Bonchev–Trinajstić information content (AvgIpc) is 2.07. The van der Waals surface area contributed by atoms with E-state index in [9.17, 15) is 5.11 Å². The van der Waals surface area contributed by atoms with Gasteiger partial charge in [0.25, 0.3) is 0 Å². The van der Waals surface area contributed by atoms with E-state index in [1.165, 1.54) is 0 Å². The lowest BCUT2D eigenvalue weighted by Gasteiger charge is -2.01. The Labute approximate surface area is 70.2 Å². The van der Waals surface area contributed by atoms with E-state index in [1.807, 2.05) is 18.2 Å². The highest BCUT2D eigenvalue weighted by atomic mass is 32.1. The predicted molar refractivity (Wildman–Crippen MR) is 46.4 cm³/mol. The summed E-state index contributed by atoms with van der Waals surface area (Å²) in [7, 11) is 0. The van der Waals surface area contributed by atoms with Crippen molar-refractivity contribution < 1.29 is 5.11 Å². The van der Waals surface area contributed by atoms with Crippen LogP contribution in [0.15, 0.2) is 35.3 Å². The van der Waals surface area contributed by atoms with Crippen molar-refractivity contribution in [2.75, 3.05) is 0 Å². The Morgan fingerprint density at radius 3 is 2.55 bits per heavy atom. The summed E-state index contributed by atoms with van der Waals surface area (Å²) >= 11 is 4.35. The van der Waals surface area contributed by atoms with Crippen LogP contribution >= 0.6 is 12.2 Å². The molecule has 1 aromatic rings. The number of nitrogens with zero attached hydrogens (tertiary/aromatic N) is 1. The molecule has 1 rings (SSSR count). The molecular weight excluding hydrogens is 158 g/mol. The fourth-order valence-electron chi connectivity index (χ4n) is 0.750. The summed E-state index contributed by atoms with van der Waals surface area (Å²) in [5.41, 5.74) is 0.727. The fourth-order valence-corrected chi connectivity index (χ4v) is 0.849. The summed E-state index contributed by atoms with van der Waals surface area (Å²) in [6, 6.07) is 9.09. The molecule has 0 aliphatic carbocycles. The van der Waals surface area contributed by atoms with Crippen LogP contribution in [-0.4, -0.2) is 10.3 Å². The predicted octanol–water partition coefficient (Wildman–Crippen LogP) is 1.78. The number of isothiocyanates is 1. The number of rotatable bonds is 2. The Morgan fingerprint density at radius 1 is 1.36 bits per heavy atom. The average molecular weight is 165 g/mol. The molecule has 2 nitrogen and oxygen atoms in total. The van der Waals surface area contributed by atoms with Crippen LogP contribution in [0.25, 0.3) is 0 Å². The third-order valence-electron chi connectivity index (χ3n) is 1.27. The highest BCUT2D eigenvalue weighted by Crippen LogP contribution is 2.11. The first-order valence-corrected chi connectivity index (χ1v) is 3.55. The van der Waals surface area contributed by atoms with Crippen molar-refractivity contribution >= 4 is 17.4 Å². The summed E-state index contributed by atoms with van der Waals surface area (Å²) in [6.07, 6.45) is -0.867. The van der Waals surface area contributed by atoms with Gasteiger partial charge >= 0.3 is 0 Å². The first-order valence-electron chi connectivity index (χ1n) is 3.14. The maximum absolute atomic E-state index is 9.22. The zero-order valence-corrected chi connectivity index (χ0v) is 6.58. The molecule has 0 radical (unpaired) electrons. The summed E-state index contributed by atoms with van der Waals surface area (Å²) in [5.74, 6) is 0. The zero-order chi connectivity index (χ0) is 8.10. The molecule has 0 saturated carbocycles. The molecule has 0 saturated heterocycles. The summed E-state index contributed by atoms with van der Waals surface area (Å²) < 4.78 is 0. The largest absolute Gasteiger partial charge is 0.367 e. The third-order valence-corrected chi connectivity index (χ3v) is 1.38. The van der Waals surface area contributed by atoms with Gasteiger partial charge in [0.1, 0.15) is 0 Å². The Bertz CT molecular complexity index is 267. The second kappa shape index (κ2) is 3.98. The van der Waals surface area contributed by atoms with E-state index >= 15 is 0 Å². The molecule has 3 heteroatoms. The topological polar surface area (TPSA) is 32.6 Å². The molecular formula is C8H7NOS. The van der Waals surface area contributed by atoms with Gasteiger partial charge in [-0.1, -0.05) is 30.3 Å². The van der Waals surface area contributed by atoms with Gasteiger partial charge in [-0.25, -0.2) is 0 Å². The van der Waals surface area contributed by atoms with Crippen LogP contribution in [-0.2, 0) is 0 Å². The normalized spacial score (nSPS) is 11.7. The van der Waals surface area contributed by atoms with Gasteiger partial charge < -0.3 is 5.11 Å². The van der Waals surface area contributed by atoms with E-state index in [-0.39, 0.29) is 0 Å². The number of hydrogen-bond donors (Lipinski definition) is 1. The molecule has 0 heterocycles. The number of aliphatic hydroxyl groups excluding tert-OH is 1. The third kappa shape index (κ3) is 2.24. The van der Waals surface area contributed by atoms with Gasteiger partial charge in [0.15, 0.2) is 6.23 Å². The molecule has 1 aromatic carbocycles. The molecule has 0 amide bonds. The molecule has 11 heavy (non-hydrogen) atoms. The van der Waals surface area contributed by atoms with E-state index < -0.39 is 6.23 Å². The zero-order valence-electron chi connectivity index (χ0n) is 5.77. The lowest BCUT2D eigenvalue weighted by molar-refractivity contribution is 0.190. The van der Waals surface area contributed by atoms with Crippen molar-refractivity contribution in [3.8, 4) is 0 Å². The van der Waals surface area contributed by atoms with Gasteiger partial charge in [0.05, 0.1) is 5.16 Å². The highest BCUT2D eigenvalue weighted by Gasteiger charge is 2.00. The van der Waals surface area contributed by atoms with Gasteiger partial charge in [-0.2, -0.15) is 4.99 Å². The first kappa shape index (κ1) is 8.08. The first-order chi connectivity index (χ1) is 5.34. The van der Waals surface area contributed by atoms with Gasteiger partial charge in [-0.15, -0.1) is 0 Å². The smallest absolute Gasteiger partial charge is 0.180 e. The Hall–Kier alpha value is -1.02. The van der Waals surface area contributed by atoms with Crippen LogP contribution in [0.1, 0.15) is 11.8 Å². The molecule has 0 spiro atoms. The minimum atomic E-state index is -0.867. The van der Waals surface area contributed by atoms with Gasteiger partial charge in [-0.05, 0) is 12.2 Å². The quantitative estimate of drug-likeness (QED) is 0.535. The van der Waals surface area contributed by atoms with Crippen molar-refractivity contribution in [3.63, 3.8) is 0 Å². The van der Waals surface area contributed by atoms with Gasteiger partial charge in [0.2, 0.25) is 0 Å². The van der Waals surface area contributed by atoms with Crippen LogP contribution in [0, 0.1) is 0 Å². The van der Waals surface area contributed by atoms with E-state index in [0.717, 1.165) is 5.56 Å². The highest BCUT2D eigenvalue weighted by molar-refractivity contribution is 7.78. The number of aliphatic imine (C=N–C) groups is 1. The summed E-state index contributed by atoms with van der Waals surface area (Å²) in [4.78, 5) is 3.52. The molecule has 1 N–H and O–H groups in total. The van der Waals surface area contributed by atoms with Crippen LogP contribution in [0.5, 0.6) is 0 Å². The Balaban J connectivity index is 2.84. The fraction of sp³-hybridized carbons (Fsp3) is 0.125. The minimum absolute atomic E-state index is 0.727. The molecule has 0 aromatic heterocycles. The Kier molecular flexibility index (Phi) is 2.93. The van der Waals surface area contributed by atoms with Crippen LogP contribution in [0.4, 0.5) is 0 Å². The van der Waals surface area contributed by atoms with Crippen molar-refractivity contribution in [2.24, 2.45) is 4.99 Å². The molecule has 0 fully saturated rings. The Morgan fingerprint density at radius 2 is 2.00 bits per heavy atom. The van der Waals surface area contributed by atoms with Crippen LogP contribution in [0.3, 0.4) is 0 Å². The van der Waals surface area contributed by atoms with Crippen molar-refractivity contribution in [3.05, 3.63) is 35.9 Å². The number of benzene rings is 1. The van der Waals surface area contributed by atoms with E-state index in [2.05, 4.69) is 22.4 Å². The maximum Gasteiger partial charge on any atom is 0.180 e. The second-order valence-corrected chi connectivity index (χ2v) is 2.19. The monoisotopic (exact) mass is 165 g/mol. The van der Waals surface area contributed by atoms with E-state index in [4.69, 9.17) is 0 Å². The standard InChI is InChI=1S/C8H7NOS/c10-8(9-6-11)7-4-2-1-3-5-7/h1-5,8,10H. The van der Waals surface area contributed by atoms with E-state index in [0.29, 0.717) is 0 Å². The van der Waals surface area contributed by atoms with E-state index in [1.54, 1.807) is 12.1 Å². The second-order valence-electron chi connectivity index (χ2n) is 2.00. The number of hydrogen-bond acceptors (Lipinski definition) is 3. The molecule has 0 bridgehead atoms. The van der Waals surface area contributed by atoms with Crippen molar-refractivity contribution in [1.82, 2.24) is 0 Å². The molecule has 0 aliphatic heterocycles. The number of thiocarbonyl (C=S) groups is 1. The van der Waals surface area contributed by atoms with Crippen LogP contribution < -0.4 is 0 Å². The SMILES string of the molecule is OC(N=C=S)c1ccccc1. The van der Waals surface area contributed by atoms with Crippen molar-refractivity contribution in [1.29, 1.82) is 0 Å². The molecule has 1 atom stereocenters. The summed E-state index contributed by atoms with van der Waals surface area (Å²) in [5, 5.41) is 11.3. The lowest BCUT2D eigenvalue weighted by Crippen LogP contribution is -1.90. The number of aliphatic hydroxyl groups is 1. The van der Waals surface area contributed by atoms with Crippen molar-refractivity contribution in [2.45, 2.75) is 6.23 Å². The molecule has 1 unspecified atom stereocenters.